The van der Waals surface area contributed by atoms with E-state index in [1.165, 1.54) is 0 Å². The molecule has 8 nitrogen and oxygen atoms in total. The van der Waals surface area contributed by atoms with Crippen LogP contribution >= 0.6 is 11.6 Å². The monoisotopic (exact) mass is 449 g/mol. The van der Waals surface area contributed by atoms with Crippen LogP contribution in [0.3, 0.4) is 0 Å². The maximum atomic E-state index is 12.9. The standard InChI is InChI=1S/C22H32ClN5O3/c1-30-13-11-27(12-14-31-2)20(29)16-26-8-5-22(6-9-26)25-19-15-17(23)3-4-18(19)21-24-7-10-28(21)22/h3-4,15,25H,5-14,16H2,1-2H3. The van der Waals surface area contributed by atoms with Crippen LogP contribution in [0.1, 0.15) is 18.4 Å². The number of amidine groups is 1. The van der Waals surface area contributed by atoms with Crippen molar-refractivity contribution < 1.29 is 14.3 Å². The summed E-state index contributed by atoms with van der Waals surface area (Å²) < 4.78 is 10.3. The average Bonchev–Trinajstić information content (AvgIpc) is 3.26. The molecule has 0 aliphatic carbocycles. The van der Waals surface area contributed by atoms with E-state index in [-0.39, 0.29) is 11.6 Å². The van der Waals surface area contributed by atoms with Crippen molar-refractivity contribution >= 4 is 29.0 Å². The first-order chi connectivity index (χ1) is 15.1. The number of benzene rings is 1. The van der Waals surface area contributed by atoms with Gasteiger partial charge in [-0.25, -0.2) is 0 Å². The van der Waals surface area contributed by atoms with Crippen molar-refractivity contribution in [1.29, 1.82) is 0 Å². The predicted octanol–water partition coefficient (Wildman–Crippen LogP) is 1.74. The van der Waals surface area contributed by atoms with Crippen LogP contribution in [0.4, 0.5) is 5.69 Å². The normalized spacial score (nSPS) is 19.6. The van der Waals surface area contributed by atoms with E-state index in [2.05, 4.69) is 21.2 Å². The minimum absolute atomic E-state index is 0.127. The molecule has 1 saturated heterocycles. The van der Waals surface area contributed by atoms with E-state index in [0.29, 0.717) is 32.8 Å². The Morgan fingerprint density at radius 1 is 1.19 bits per heavy atom. The Hall–Kier alpha value is -1.87. The fourth-order valence-electron chi connectivity index (χ4n) is 4.76. The number of carbonyl (C=O) groups excluding carboxylic acids is 1. The molecule has 3 aliphatic rings. The summed E-state index contributed by atoms with van der Waals surface area (Å²) in [5.74, 6) is 1.20. The second-order valence-electron chi connectivity index (χ2n) is 8.35. The smallest absolute Gasteiger partial charge is 0.236 e. The van der Waals surface area contributed by atoms with Crippen LogP contribution in [0.2, 0.25) is 5.02 Å². The van der Waals surface area contributed by atoms with E-state index >= 15 is 0 Å². The molecular formula is C22H32ClN5O3. The topological polar surface area (TPSA) is 69.6 Å². The van der Waals surface area contributed by atoms with Gasteiger partial charge in [0.05, 0.1) is 26.3 Å². The fourth-order valence-corrected chi connectivity index (χ4v) is 4.93. The highest BCUT2D eigenvalue weighted by atomic mass is 35.5. The summed E-state index contributed by atoms with van der Waals surface area (Å²) in [4.78, 5) is 24.2. The van der Waals surface area contributed by atoms with Crippen molar-refractivity contribution in [1.82, 2.24) is 14.7 Å². The lowest BCUT2D eigenvalue weighted by atomic mass is 9.90. The first-order valence-electron chi connectivity index (χ1n) is 10.9. The molecule has 0 radical (unpaired) electrons. The van der Waals surface area contributed by atoms with Gasteiger partial charge < -0.3 is 24.6 Å². The van der Waals surface area contributed by atoms with Gasteiger partial charge in [-0.3, -0.25) is 14.7 Å². The minimum atomic E-state index is -0.168. The van der Waals surface area contributed by atoms with E-state index in [9.17, 15) is 4.79 Å². The quantitative estimate of drug-likeness (QED) is 0.652. The van der Waals surface area contributed by atoms with E-state index in [1.54, 1.807) is 14.2 Å². The number of ether oxygens (including phenoxy) is 2. The van der Waals surface area contributed by atoms with Gasteiger partial charge in [0, 0.05) is 76.1 Å². The maximum Gasteiger partial charge on any atom is 0.236 e. The van der Waals surface area contributed by atoms with E-state index in [1.807, 2.05) is 17.0 Å². The van der Waals surface area contributed by atoms with Crippen LogP contribution in [-0.2, 0) is 14.3 Å². The van der Waals surface area contributed by atoms with Crippen molar-refractivity contribution in [2.45, 2.75) is 18.5 Å². The summed E-state index contributed by atoms with van der Waals surface area (Å²) in [6.45, 7) is 6.09. The molecule has 1 fully saturated rings. The summed E-state index contributed by atoms with van der Waals surface area (Å²) in [7, 11) is 3.31. The zero-order chi connectivity index (χ0) is 21.8. The number of likely N-dealkylation sites (tertiary alicyclic amines) is 1. The number of amides is 1. The fraction of sp³-hybridized carbons (Fsp3) is 0.636. The summed E-state index contributed by atoms with van der Waals surface area (Å²) >= 11 is 6.27. The summed E-state index contributed by atoms with van der Waals surface area (Å²) in [5.41, 5.74) is 2.01. The van der Waals surface area contributed by atoms with Gasteiger partial charge in [0.25, 0.3) is 0 Å². The molecule has 3 heterocycles. The van der Waals surface area contributed by atoms with Crippen LogP contribution in [0.15, 0.2) is 23.2 Å². The molecule has 1 N–H and O–H groups in total. The van der Waals surface area contributed by atoms with Crippen molar-refractivity contribution in [3.8, 4) is 0 Å². The van der Waals surface area contributed by atoms with Crippen molar-refractivity contribution in [3.05, 3.63) is 28.8 Å². The van der Waals surface area contributed by atoms with Crippen LogP contribution < -0.4 is 5.32 Å². The Labute approximate surface area is 189 Å². The highest BCUT2D eigenvalue weighted by molar-refractivity contribution is 6.31. The third-order valence-corrected chi connectivity index (χ3v) is 6.71. The lowest BCUT2D eigenvalue weighted by molar-refractivity contribution is -0.134. The molecule has 1 amide bonds. The molecular weight excluding hydrogens is 418 g/mol. The summed E-state index contributed by atoms with van der Waals surface area (Å²) in [6.07, 6.45) is 1.84. The van der Waals surface area contributed by atoms with Gasteiger partial charge in [-0.05, 0) is 18.2 Å². The molecule has 3 aliphatic heterocycles. The number of anilines is 1. The molecule has 1 aromatic carbocycles. The van der Waals surface area contributed by atoms with E-state index in [0.717, 1.165) is 61.1 Å². The molecule has 0 aromatic heterocycles. The molecule has 31 heavy (non-hydrogen) atoms. The van der Waals surface area contributed by atoms with Crippen LogP contribution in [0.25, 0.3) is 0 Å². The molecule has 1 spiro atoms. The van der Waals surface area contributed by atoms with Crippen molar-refractivity contribution in [3.63, 3.8) is 0 Å². The molecule has 170 valence electrons. The second-order valence-corrected chi connectivity index (χ2v) is 8.78. The van der Waals surface area contributed by atoms with Gasteiger partial charge in [-0.15, -0.1) is 0 Å². The minimum Gasteiger partial charge on any atom is -0.383 e. The summed E-state index contributed by atoms with van der Waals surface area (Å²) in [6, 6.07) is 5.97. The molecule has 0 unspecified atom stereocenters. The van der Waals surface area contributed by atoms with E-state index < -0.39 is 0 Å². The number of hydrogen-bond donors (Lipinski definition) is 1. The lowest BCUT2D eigenvalue weighted by Gasteiger charge is -2.52. The number of nitrogens with one attached hydrogen (secondary N) is 1. The SMILES string of the molecule is COCCN(CCOC)C(=O)CN1CCC2(CC1)Nc1cc(Cl)ccc1C1=NCCN12. The van der Waals surface area contributed by atoms with Gasteiger partial charge in [-0.2, -0.15) is 0 Å². The van der Waals surface area contributed by atoms with Crippen LogP contribution in [0, 0.1) is 0 Å². The zero-order valence-corrected chi connectivity index (χ0v) is 19.2. The van der Waals surface area contributed by atoms with Gasteiger partial charge in [-0.1, -0.05) is 11.6 Å². The Kier molecular flexibility index (Phi) is 7.01. The Bertz CT molecular complexity index is 817. The number of methoxy groups -OCH3 is 2. The van der Waals surface area contributed by atoms with Crippen LogP contribution in [-0.4, -0.2) is 105 Å². The Morgan fingerprint density at radius 3 is 2.58 bits per heavy atom. The number of halogens is 1. The summed E-state index contributed by atoms with van der Waals surface area (Å²) in [5, 5.41) is 4.51. The van der Waals surface area contributed by atoms with Gasteiger partial charge >= 0.3 is 0 Å². The number of hydrogen-bond acceptors (Lipinski definition) is 7. The number of carbonyl (C=O) groups is 1. The first-order valence-corrected chi connectivity index (χ1v) is 11.3. The molecule has 9 heteroatoms. The van der Waals surface area contributed by atoms with Crippen LogP contribution in [0.5, 0.6) is 0 Å². The van der Waals surface area contributed by atoms with Gasteiger partial charge in [0.1, 0.15) is 11.5 Å². The Morgan fingerprint density at radius 2 is 1.90 bits per heavy atom. The first kappa shape index (κ1) is 22.3. The molecule has 0 bridgehead atoms. The Balaban J connectivity index is 1.41. The molecule has 0 atom stereocenters. The highest BCUT2D eigenvalue weighted by Gasteiger charge is 2.46. The highest BCUT2D eigenvalue weighted by Crippen LogP contribution is 2.40. The molecule has 1 aromatic rings. The number of piperidine rings is 1. The lowest BCUT2D eigenvalue weighted by Crippen LogP contribution is -2.63. The van der Waals surface area contributed by atoms with Crippen molar-refractivity contribution in [2.24, 2.45) is 4.99 Å². The number of aliphatic imine (C=N–C) groups is 1. The predicted molar refractivity (Wildman–Crippen MR) is 122 cm³/mol. The van der Waals surface area contributed by atoms with Gasteiger partial charge in [0.15, 0.2) is 0 Å². The van der Waals surface area contributed by atoms with Crippen molar-refractivity contribution in [2.75, 3.05) is 78.6 Å². The molecule has 4 rings (SSSR count). The third kappa shape index (κ3) is 4.67. The number of rotatable bonds is 8. The third-order valence-electron chi connectivity index (χ3n) is 6.47. The van der Waals surface area contributed by atoms with E-state index in [4.69, 9.17) is 26.1 Å². The molecule has 0 saturated carbocycles. The average molecular weight is 450 g/mol. The zero-order valence-electron chi connectivity index (χ0n) is 18.4. The largest absolute Gasteiger partial charge is 0.383 e. The number of fused-ring (bicyclic) bond motifs is 4. The maximum absolute atomic E-state index is 12.9. The second kappa shape index (κ2) is 9.73. The number of nitrogens with zero attached hydrogens (tertiary/aromatic N) is 4. The van der Waals surface area contributed by atoms with Gasteiger partial charge in [0.2, 0.25) is 5.91 Å².